The van der Waals surface area contributed by atoms with E-state index in [4.69, 9.17) is 4.74 Å². The monoisotopic (exact) mass is 280 g/mol. The van der Waals surface area contributed by atoms with Gasteiger partial charge < -0.3 is 15.2 Å². The largest absolute Gasteiger partial charge is 0.388 e. The molecule has 0 bridgehead atoms. The van der Waals surface area contributed by atoms with Gasteiger partial charge in [0, 0.05) is 31.6 Å². The van der Waals surface area contributed by atoms with Crippen molar-refractivity contribution in [1.82, 2.24) is 0 Å². The molecule has 0 aliphatic heterocycles. The summed E-state index contributed by atoms with van der Waals surface area (Å²) in [4.78, 5) is 0.934. The molecule has 5 heteroatoms. The number of anilines is 1. The first-order valence-electron chi connectivity index (χ1n) is 6.06. The third kappa shape index (κ3) is 4.75. The summed E-state index contributed by atoms with van der Waals surface area (Å²) < 4.78 is 4.97. The molecule has 4 nitrogen and oxygen atoms in total. The highest BCUT2D eigenvalue weighted by atomic mass is 32.2. The number of benzene rings is 1. The Hall–Kier alpha value is -1.22. The zero-order valence-electron chi connectivity index (χ0n) is 11.6. The average Bonchev–Trinajstić information content (AvgIpc) is 2.42. The van der Waals surface area contributed by atoms with Gasteiger partial charge in [-0.1, -0.05) is 6.07 Å². The SMILES string of the molecule is COCCC(C)(O)CNc1cccc(SC)c1C#N. The Bertz CT molecular complexity index is 455. The van der Waals surface area contributed by atoms with Crippen LogP contribution in [0, 0.1) is 11.3 Å². The number of nitrogens with zero attached hydrogens (tertiary/aromatic N) is 1. The normalized spacial score (nSPS) is 13.6. The summed E-state index contributed by atoms with van der Waals surface area (Å²) in [6, 6.07) is 7.87. The van der Waals surface area contributed by atoms with Gasteiger partial charge >= 0.3 is 0 Å². The molecule has 0 radical (unpaired) electrons. The minimum atomic E-state index is -0.863. The fraction of sp³-hybridized carbons (Fsp3) is 0.500. The lowest BCUT2D eigenvalue weighted by Crippen LogP contribution is -2.34. The molecule has 0 saturated heterocycles. The molecule has 0 fully saturated rings. The summed E-state index contributed by atoms with van der Waals surface area (Å²) in [7, 11) is 1.61. The van der Waals surface area contributed by atoms with Gasteiger partial charge in [0.25, 0.3) is 0 Å². The molecular formula is C14H20N2O2S. The highest BCUT2D eigenvalue weighted by Gasteiger charge is 2.20. The third-order valence-corrected chi connectivity index (χ3v) is 3.64. The molecule has 1 unspecified atom stereocenters. The Morgan fingerprint density at radius 2 is 2.26 bits per heavy atom. The number of hydrogen-bond donors (Lipinski definition) is 2. The van der Waals surface area contributed by atoms with Gasteiger partial charge in [-0.3, -0.25) is 0 Å². The van der Waals surface area contributed by atoms with E-state index in [1.807, 2.05) is 24.5 Å². The van der Waals surface area contributed by atoms with E-state index in [9.17, 15) is 10.4 Å². The van der Waals surface area contributed by atoms with Crippen LogP contribution in [0.5, 0.6) is 0 Å². The number of hydrogen-bond acceptors (Lipinski definition) is 5. The van der Waals surface area contributed by atoms with Gasteiger partial charge in [0.15, 0.2) is 0 Å². The molecule has 1 aromatic carbocycles. The lowest BCUT2D eigenvalue weighted by atomic mass is 10.0. The number of rotatable bonds is 7. The van der Waals surface area contributed by atoms with Crippen LogP contribution in [0.15, 0.2) is 23.1 Å². The van der Waals surface area contributed by atoms with Gasteiger partial charge in [0.05, 0.1) is 16.9 Å². The van der Waals surface area contributed by atoms with Crippen molar-refractivity contribution >= 4 is 17.4 Å². The summed E-state index contributed by atoms with van der Waals surface area (Å²) in [5.74, 6) is 0. The van der Waals surface area contributed by atoms with Crippen molar-refractivity contribution in [2.75, 3.05) is 31.8 Å². The van der Waals surface area contributed by atoms with Gasteiger partial charge in [0.2, 0.25) is 0 Å². The molecule has 2 N–H and O–H groups in total. The van der Waals surface area contributed by atoms with Gasteiger partial charge in [-0.15, -0.1) is 11.8 Å². The number of ether oxygens (including phenoxy) is 1. The van der Waals surface area contributed by atoms with E-state index in [-0.39, 0.29) is 0 Å². The molecule has 1 aromatic rings. The van der Waals surface area contributed by atoms with Crippen LogP contribution in [0.3, 0.4) is 0 Å². The Kier molecular flexibility index (Phi) is 6.16. The number of nitrogens with one attached hydrogen (secondary N) is 1. The van der Waals surface area contributed by atoms with Crippen LogP contribution in [0.4, 0.5) is 5.69 Å². The van der Waals surface area contributed by atoms with Crippen LogP contribution in [0.1, 0.15) is 18.9 Å². The lowest BCUT2D eigenvalue weighted by Gasteiger charge is -2.24. The zero-order chi connectivity index (χ0) is 14.3. The highest BCUT2D eigenvalue weighted by Crippen LogP contribution is 2.26. The van der Waals surface area contributed by atoms with Gasteiger partial charge in [-0.2, -0.15) is 5.26 Å². The standard InChI is InChI=1S/C14H20N2O2S/c1-14(17,7-8-18-2)10-16-12-5-4-6-13(19-3)11(12)9-15/h4-6,16-17H,7-8,10H2,1-3H3. The quantitative estimate of drug-likeness (QED) is 0.751. The molecule has 1 rings (SSSR count). The third-order valence-electron chi connectivity index (χ3n) is 2.86. The molecule has 104 valence electrons. The van der Waals surface area contributed by atoms with Crippen molar-refractivity contribution < 1.29 is 9.84 Å². The molecule has 0 saturated carbocycles. The van der Waals surface area contributed by atoms with Crippen LogP contribution >= 0.6 is 11.8 Å². The first kappa shape index (κ1) is 15.8. The lowest BCUT2D eigenvalue weighted by molar-refractivity contribution is 0.0357. The highest BCUT2D eigenvalue weighted by molar-refractivity contribution is 7.98. The Morgan fingerprint density at radius 1 is 1.53 bits per heavy atom. The summed E-state index contributed by atoms with van der Waals surface area (Å²) in [6.45, 7) is 2.64. The van der Waals surface area contributed by atoms with E-state index in [1.165, 1.54) is 11.8 Å². The van der Waals surface area contributed by atoms with Crippen LogP contribution in [-0.2, 0) is 4.74 Å². The maximum Gasteiger partial charge on any atom is 0.102 e. The van der Waals surface area contributed by atoms with Crippen molar-refractivity contribution in [2.45, 2.75) is 23.8 Å². The Labute approximate surface area is 118 Å². The number of methoxy groups -OCH3 is 1. The molecular weight excluding hydrogens is 260 g/mol. The van der Waals surface area contributed by atoms with Crippen molar-refractivity contribution in [3.63, 3.8) is 0 Å². The zero-order valence-corrected chi connectivity index (χ0v) is 12.4. The summed E-state index contributed by atoms with van der Waals surface area (Å²) in [6.07, 6.45) is 2.48. The summed E-state index contributed by atoms with van der Waals surface area (Å²) in [5.41, 5.74) is 0.516. The minimum Gasteiger partial charge on any atom is -0.388 e. The summed E-state index contributed by atoms with van der Waals surface area (Å²) in [5, 5.41) is 22.5. The topological polar surface area (TPSA) is 65.3 Å². The van der Waals surface area contributed by atoms with E-state index in [0.29, 0.717) is 25.1 Å². The van der Waals surface area contributed by atoms with E-state index >= 15 is 0 Å². The van der Waals surface area contributed by atoms with E-state index in [2.05, 4.69) is 11.4 Å². The predicted molar refractivity (Wildman–Crippen MR) is 78.5 cm³/mol. The molecule has 0 spiro atoms. The van der Waals surface area contributed by atoms with Crippen LogP contribution in [0.25, 0.3) is 0 Å². The number of thioether (sulfide) groups is 1. The van der Waals surface area contributed by atoms with E-state index < -0.39 is 5.60 Å². The first-order valence-corrected chi connectivity index (χ1v) is 7.29. The molecule has 0 amide bonds. The van der Waals surface area contributed by atoms with Crippen LogP contribution in [0.2, 0.25) is 0 Å². The molecule has 19 heavy (non-hydrogen) atoms. The van der Waals surface area contributed by atoms with Crippen LogP contribution < -0.4 is 5.32 Å². The average molecular weight is 280 g/mol. The van der Waals surface area contributed by atoms with Crippen molar-refractivity contribution in [3.05, 3.63) is 23.8 Å². The second kappa shape index (κ2) is 7.39. The Balaban J connectivity index is 2.75. The van der Waals surface area contributed by atoms with Gasteiger partial charge in [-0.25, -0.2) is 0 Å². The second-order valence-corrected chi connectivity index (χ2v) is 5.44. The maximum absolute atomic E-state index is 10.2. The van der Waals surface area contributed by atoms with E-state index in [0.717, 1.165) is 10.6 Å². The first-order chi connectivity index (χ1) is 9.04. The van der Waals surface area contributed by atoms with Gasteiger partial charge in [-0.05, 0) is 25.3 Å². The molecule has 0 aliphatic rings. The molecule has 1 atom stereocenters. The number of nitriles is 1. The Morgan fingerprint density at radius 3 is 2.84 bits per heavy atom. The molecule has 0 aliphatic carbocycles. The molecule has 0 aromatic heterocycles. The van der Waals surface area contributed by atoms with Crippen molar-refractivity contribution in [2.24, 2.45) is 0 Å². The fourth-order valence-corrected chi connectivity index (χ4v) is 2.23. The van der Waals surface area contributed by atoms with Crippen LogP contribution in [-0.4, -0.2) is 37.2 Å². The minimum absolute atomic E-state index is 0.378. The second-order valence-electron chi connectivity index (χ2n) is 4.59. The smallest absolute Gasteiger partial charge is 0.102 e. The fourth-order valence-electron chi connectivity index (χ4n) is 1.66. The van der Waals surface area contributed by atoms with Gasteiger partial charge in [0.1, 0.15) is 6.07 Å². The maximum atomic E-state index is 10.2. The summed E-state index contributed by atoms with van der Waals surface area (Å²) >= 11 is 1.54. The number of aliphatic hydroxyl groups is 1. The van der Waals surface area contributed by atoms with Crippen molar-refractivity contribution in [1.29, 1.82) is 5.26 Å². The predicted octanol–water partition coefficient (Wildman–Crippen LogP) is 2.48. The van der Waals surface area contributed by atoms with Crippen molar-refractivity contribution in [3.8, 4) is 6.07 Å². The molecule has 0 heterocycles. The van der Waals surface area contributed by atoms with E-state index in [1.54, 1.807) is 14.0 Å².